The first-order valence-corrected chi connectivity index (χ1v) is 3.43. The van der Waals surface area contributed by atoms with Gasteiger partial charge in [0.1, 0.15) is 5.82 Å². The van der Waals surface area contributed by atoms with Crippen molar-refractivity contribution >= 4 is 5.71 Å². The molecule has 0 amide bonds. The van der Waals surface area contributed by atoms with E-state index in [0.717, 1.165) is 5.56 Å². The normalized spacial score (nSPS) is 10.9. The predicted octanol–water partition coefficient (Wildman–Crippen LogP) is 2.12. The van der Waals surface area contributed by atoms with Crippen LogP contribution >= 0.6 is 0 Å². The van der Waals surface area contributed by atoms with Gasteiger partial charge in [-0.15, -0.1) is 0 Å². The van der Waals surface area contributed by atoms with Crippen molar-refractivity contribution in [1.82, 2.24) is 0 Å². The number of rotatable bonds is 1. The average Bonchev–Trinajstić information content (AvgIpc) is 2.06. The minimum absolute atomic E-state index is 0.288. The zero-order valence-corrected chi connectivity index (χ0v) is 6.58. The van der Waals surface area contributed by atoms with Crippen molar-refractivity contribution in [3.63, 3.8) is 0 Å². The summed E-state index contributed by atoms with van der Waals surface area (Å²) in [7, 11) is 0. The van der Waals surface area contributed by atoms with Crippen LogP contribution in [0.25, 0.3) is 0 Å². The van der Waals surface area contributed by atoms with Gasteiger partial charge in [0.15, 0.2) is 0 Å². The Morgan fingerprint density at radius 3 is 2.50 bits per heavy atom. The standard InChI is InChI=1S/C9H7FN2/c1-7(12-6-11)8-2-4-9(10)5-3-8/h2-5H,1H3. The largest absolute Gasteiger partial charge is 0.207 e. The van der Waals surface area contributed by atoms with E-state index in [-0.39, 0.29) is 5.82 Å². The smallest absolute Gasteiger partial charge is 0.205 e. The molecule has 0 heterocycles. The summed E-state index contributed by atoms with van der Waals surface area (Å²) in [6.07, 6.45) is 1.67. The lowest BCUT2D eigenvalue weighted by atomic mass is 10.1. The van der Waals surface area contributed by atoms with Crippen LogP contribution in [0.4, 0.5) is 4.39 Å². The van der Waals surface area contributed by atoms with Gasteiger partial charge in [-0.25, -0.2) is 4.39 Å². The Hall–Kier alpha value is -1.69. The highest BCUT2D eigenvalue weighted by Gasteiger charge is 1.96. The van der Waals surface area contributed by atoms with Gasteiger partial charge in [-0.1, -0.05) is 12.1 Å². The Labute approximate surface area is 70.0 Å². The summed E-state index contributed by atoms with van der Waals surface area (Å²) in [6.45, 7) is 1.70. The lowest BCUT2D eigenvalue weighted by Crippen LogP contribution is -1.93. The number of nitrogens with zero attached hydrogens (tertiary/aromatic N) is 2. The first-order chi connectivity index (χ1) is 5.74. The molecule has 12 heavy (non-hydrogen) atoms. The monoisotopic (exact) mass is 162 g/mol. The third-order valence-electron chi connectivity index (χ3n) is 1.48. The number of halogens is 1. The lowest BCUT2D eigenvalue weighted by Gasteiger charge is -1.96. The second-order valence-electron chi connectivity index (χ2n) is 2.30. The van der Waals surface area contributed by atoms with Crippen LogP contribution in [0.15, 0.2) is 29.3 Å². The zero-order valence-electron chi connectivity index (χ0n) is 6.58. The molecule has 3 heteroatoms. The van der Waals surface area contributed by atoms with Gasteiger partial charge in [-0.2, -0.15) is 10.3 Å². The van der Waals surface area contributed by atoms with Crippen molar-refractivity contribution < 1.29 is 4.39 Å². The number of hydrogen-bond donors (Lipinski definition) is 0. The Kier molecular flexibility index (Phi) is 2.54. The van der Waals surface area contributed by atoms with Crippen molar-refractivity contribution in [2.75, 3.05) is 0 Å². The molecule has 0 saturated carbocycles. The maximum absolute atomic E-state index is 12.4. The second-order valence-corrected chi connectivity index (χ2v) is 2.30. The van der Waals surface area contributed by atoms with E-state index in [1.807, 2.05) is 0 Å². The molecule has 0 aliphatic rings. The molecule has 0 aliphatic heterocycles. The molecule has 1 aromatic rings. The third kappa shape index (κ3) is 1.89. The van der Waals surface area contributed by atoms with E-state index in [9.17, 15) is 4.39 Å². The molecule has 2 nitrogen and oxygen atoms in total. The number of hydrogen-bond acceptors (Lipinski definition) is 2. The van der Waals surface area contributed by atoms with Crippen LogP contribution in [-0.2, 0) is 0 Å². The van der Waals surface area contributed by atoms with Gasteiger partial charge in [0.05, 0.1) is 5.71 Å². The van der Waals surface area contributed by atoms with Crippen LogP contribution in [0.5, 0.6) is 0 Å². The summed E-state index contributed by atoms with van der Waals surface area (Å²) in [4.78, 5) is 3.52. The van der Waals surface area contributed by atoms with Crippen LogP contribution in [0.2, 0.25) is 0 Å². The van der Waals surface area contributed by atoms with Crippen molar-refractivity contribution in [2.45, 2.75) is 6.92 Å². The van der Waals surface area contributed by atoms with E-state index >= 15 is 0 Å². The molecule has 0 spiro atoms. The Balaban J connectivity index is 2.99. The Morgan fingerprint density at radius 2 is 2.00 bits per heavy atom. The average molecular weight is 162 g/mol. The molecule has 0 aliphatic carbocycles. The van der Waals surface area contributed by atoms with Crippen LogP contribution in [0.1, 0.15) is 12.5 Å². The van der Waals surface area contributed by atoms with E-state index < -0.39 is 0 Å². The van der Waals surface area contributed by atoms with Crippen LogP contribution < -0.4 is 0 Å². The molecule has 0 atom stereocenters. The van der Waals surface area contributed by atoms with Crippen molar-refractivity contribution in [2.24, 2.45) is 4.99 Å². The maximum Gasteiger partial charge on any atom is 0.205 e. The molecule has 1 aromatic carbocycles. The van der Waals surface area contributed by atoms with Crippen LogP contribution in [-0.4, -0.2) is 5.71 Å². The van der Waals surface area contributed by atoms with Crippen molar-refractivity contribution in [1.29, 1.82) is 5.26 Å². The van der Waals surface area contributed by atoms with E-state index in [0.29, 0.717) is 5.71 Å². The molecule has 0 bridgehead atoms. The van der Waals surface area contributed by atoms with E-state index in [1.54, 1.807) is 25.2 Å². The maximum atomic E-state index is 12.4. The first-order valence-electron chi connectivity index (χ1n) is 3.43. The molecule has 0 unspecified atom stereocenters. The highest BCUT2D eigenvalue weighted by atomic mass is 19.1. The van der Waals surface area contributed by atoms with Gasteiger partial charge in [0.25, 0.3) is 0 Å². The minimum atomic E-state index is -0.288. The highest BCUT2D eigenvalue weighted by Crippen LogP contribution is 2.03. The summed E-state index contributed by atoms with van der Waals surface area (Å²) >= 11 is 0. The molecule has 0 fully saturated rings. The molecule has 0 saturated heterocycles. The lowest BCUT2D eigenvalue weighted by molar-refractivity contribution is 0.628. The van der Waals surface area contributed by atoms with Gasteiger partial charge in [0.2, 0.25) is 6.19 Å². The van der Waals surface area contributed by atoms with Crippen molar-refractivity contribution in [3.05, 3.63) is 35.6 Å². The van der Waals surface area contributed by atoms with Crippen LogP contribution in [0.3, 0.4) is 0 Å². The van der Waals surface area contributed by atoms with E-state index in [4.69, 9.17) is 5.26 Å². The molecule has 0 radical (unpaired) electrons. The SMILES string of the molecule is CC(=NC#N)c1ccc(F)cc1. The van der Waals surface area contributed by atoms with Gasteiger partial charge in [-0.3, -0.25) is 0 Å². The summed E-state index contributed by atoms with van der Waals surface area (Å²) in [6, 6.07) is 5.86. The predicted molar refractivity (Wildman–Crippen MR) is 44.2 cm³/mol. The minimum Gasteiger partial charge on any atom is -0.207 e. The summed E-state index contributed by atoms with van der Waals surface area (Å²) in [5.41, 5.74) is 1.36. The highest BCUT2D eigenvalue weighted by molar-refractivity contribution is 5.99. The van der Waals surface area contributed by atoms with E-state index in [1.165, 1.54) is 12.1 Å². The van der Waals surface area contributed by atoms with Crippen molar-refractivity contribution in [3.8, 4) is 6.19 Å². The summed E-state index contributed by atoms with van der Waals surface area (Å²) < 4.78 is 12.4. The molecule has 60 valence electrons. The van der Waals surface area contributed by atoms with Gasteiger partial charge >= 0.3 is 0 Å². The number of nitriles is 1. The summed E-state index contributed by atoms with van der Waals surface area (Å²) in [5, 5.41) is 8.24. The number of aliphatic imine (C=N–C) groups is 1. The third-order valence-corrected chi connectivity index (χ3v) is 1.48. The van der Waals surface area contributed by atoms with Gasteiger partial charge < -0.3 is 0 Å². The second kappa shape index (κ2) is 3.63. The molecule has 0 N–H and O–H groups in total. The fraction of sp³-hybridized carbons (Fsp3) is 0.111. The Morgan fingerprint density at radius 1 is 1.42 bits per heavy atom. The van der Waals surface area contributed by atoms with E-state index in [2.05, 4.69) is 4.99 Å². The molecule has 1 rings (SSSR count). The first kappa shape index (κ1) is 8.41. The topological polar surface area (TPSA) is 36.1 Å². The quantitative estimate of drug-likeness (QED) is 0.460. The fourth-order valence-electron chi connectivity index (χ4n) is 0.831. The Bertz CT molecular complexity index is 333. The molecule has 0 aromatic heterocycles. The number of benzene rings is 1. The summed E-state index contributed by atoms with van der Waals surface area (Å²) in [5.74, 6) is -0.288. The molecular formula is C9H7FN2. The fourth-order valence-corrected chi connectivity index (χ4v) is 0.831. The zero-order chi connectivity index (χ0) is 8.97. The molecular weight excluding hydrogens is 155 g/mol. The van der Waals surface area contributed by atoms with Gasteiger partial charge in [-0.05, 0) is 24.6 Å². The van der Waals surface area contributed by atoms with Crippen LogP contribution in [0, 0.1) is 17.3 Å². The van der Waals surface area contributed by atoms with Gasteiger partial charge in [0, 0.05) is 0 Å².